The van der Waals surface area contributed by atoms with Crippen molar-refractivity contribution < 1.29 is 24.2 Å². The van der Waals surface area contributed by atoms with Crippen molar-refractivity contribution in [1.29, 1.82) is 0 Å². The minimum atomic E-state index is -0.942. The molecule has 1 aliphatic rings. The molecule has 1 fully saturated rings. The number of aryl methyl sites for hydroxylation is 1. The number of nitrogens with zero attached hydrogens (tertiary/aromatic N) is 2. The Hall–Kier alpha value is -3.49. The normalized spacial score (nSPS) is 17.3. The summed E-state index contributed by atoms with van der Waals surface area (Å²) in [4.78, 5) is 44.6. The van der Waals surface area contributed by atoms with Gasteiger partial charge in [0, 0.05) is 10.6 Å². The number of amides is 1. The maximum atomic E-state index is 13.3. The molecule has 0 bridgehead atoms. The highest BCUT2D eigenvalue weighted by Crippen LogP contribution is 2.44. The number of methoxy groups -OCH3 is 1. The molecule has 3 aromatic rings. The number of aliphatic hydroxyl groups is 1. The lowest BCUT2D eigenvalue weighted by Crippen LogP contribution is -2.29. The highest BCUT2D eigenvalue weighted by atomic mass is 35.5. The Labute approximate surface area is 211 Å². The van der Waals surface area contributed by atoms with Crippen LogP contribution in [0, 0.1) is 6.92 Å². The van der Waals surface area contributed by atoms with Crippen molar-refractivity contribution in [3.8, 4) is 0 Å². The molecule has 1 saturated heterocycles. The van der Waals surface area contributed by atoms with Gasteiger partial charge in [-0.1, -0.05) is 61.1 Å². The molecule has 1 aliphatic heterocycles. The van der Waals surface area contributed by atoms with Gasteiger partial charge in [0.05, 0.1) is 24.4 Å². The lowest BCUT2D eigenvalue weighted by molar-refractivity contribution is -0.132. The van der Waals surface area contributed by atoms with Gasteiger partial charge in [-0.2, -0.15) is 0 Å². The van der Waals surface area contributed by atoms with Crippen molar-refractivity contribution in [2.24, 2.45) is 0 Å². The van der Waals surface area contributed by atoms with Crippen molar-refractivity contribution in [1.82, 2.24) is 4.98 Å². The lowest BCUT2D eigenvalue weighted by Gasteiger charge is -2.23. The van der Waals surface area contributed by atoms with Crippen LogP contribution in [-0.2, 0) is 14.3 Å². The highest BCUT2D eigenvalue weighted by Gasteiger charge is 2.48. The van der Waals surface area contributed by atoms with Gasteiger partial charge in [-0.3, -0.25) is 14.5 Å². The first-order valence-corrected chi connectivity index (χ1v) is 12.1. The number of thiazole rings is 1. The van der Waals surface area contributed by atoms with E-state index in [9.17, 15) is 19.5 Å². The number of ether oxygens (including phenoxy) is 1. The number of esters is 1. The first-order valence-electron chi connectivity index (χ1n) is 10.9. The highest BCUT2D eigenvalue weighted by molar-refractivity contribution is 7.17. The van der Waals surface area contributed by atoms with Crippen molar-refractivity contribution >= 4 is 51.5 Å². The second-order valence-electron chi connectivity index (χ2n) is 8.40. The molecule has 35 heavy (non-hydrogen) atoms. The first kappa shape index (κ1) is 24.6. The number of benzene rings is 2. The molecule has 0 unspecified atom stereocenters. The van der Waals surface area contributed by atoms with Crippen molar-refractivity contribution in [2.45, 2.75) is 32.7 Å². The van der Waals surface area contributed by atoms with Gasteiger partial charge in [0.25, 0.3) is 5.78 Å². The Morgan fingerprint density at radius 1 is 1.11 bits per heavy atom. The molecule has 2 heterocycles. The third-order valence-electron chi connectivity index (χ3n) is 5.84. The Kier molecular flexibility index (Phi) is 6.78. The largest absolute Gasteiger partial charge is 0.507 e. The Morgan fingerprint density at radius 3 is 2.31 bits per heavy atom. The average molecular weight is 511 g/mol. The van der Waals surface area contributed by atoms with E-state index in [1.165, 1.54) is 12.0 Å². The summed E-state index contributed by atoms with van der Waals surface area (Å²) in [6, 6.07) is 12.9. The van der Waals surface area contributed by atoms with Gasteiger partial charge in [0.1, 0.15) is 10.6 Å². The van der Waals surface area contributed by atoms with Crippen LogP contribution in [0.1, 0.15) is 57.9 Å². The number of anilines is 1. The summed E-state index contributed by atoms with van der Waals surface area (Å²) < 4.78 is 4.82. The van der Waals surface area contributed by atoms with E-state index in [0.717, 1.165) is 16.9 Å². The fraction of sp³-hybridized carbons (Fsp3) is 0.231. The Bertz CT molecular complexity index is 1340. The second-order valence-corrected chi connectivity index (χ2v) is 9.81. The molecule has 0 aliphatic carbocycles. The molecule has 7 nitrogen and oxygen atoms in total. The molecule has 0 radical (unpaired) electrons. The molecule has 9 heteroatoms. The quantitative estimate of drug-likeness (QED) is 0.206. The van der Waals surface area contributed by atoms with Gasteiger partial charge in [-0.05, 0) is 48.2 Å². The molecule has 2 aromatic carbocycles. The number of carbonyl (C=O) groups excluding carboxylic acids is 3. The predicted octanol–water partition coefficient (Wildman–Crippen LogP) is 5.64. The smallest absolute Gasteiger partial charge is 0.350 e. The third-order valence-corrected chi connectivity index (χ3v) is 7.23. The van der Waals surface area contributed by atoms with Crippen LogP contribution in [0.3, 0.4) is 0 Å². The molecule has 1 amide bonds. The molecule has 0 saturated carbocycles. The molecule has 4 rings (SSSR count). The number of halogens is 1. The van der Waals surface area contributed by atoms with E-state index in [1.54, 1.807) is 31.2 Å². The fourth-order valence-corrected chi connectivity index (χ4v) is 5.08. The topological polar surface area (TPSA) is 96.8 Å². The lowest BCUT2D eigenvalue weighted by atomic mass is 9.93. The van der Waals surface area contributed by atoms with Crippen molar-refractivity contribution in [3.05, 3.63) is 86.4 Å². The van der Waals surface area contributed by atoms with Gasteiger partial charge in [-0.15, -0.1) is 0 Å². The van der Waals surface area contributed by atoms with Crippen LogP contribution in [0.5, 0.6) is 0 Å². The summed E-state index contributed by atoms with van der Waals surface area (Å²) in [5.74, 6) is -2.30. The van der Waals surface area contributed by atoms with E-state index >= 15 is 0 Å². The predicted molar refractivity (Wildman–Crippen MR) is 135 cm³/mol. The van der Waals surface area contributed by atoms with Crippen LogP contribution in [0.25, 0.3) is 5.76 Å². The van der Waals surface area contributed by atoms with Gasteiger partial charge < -0.3 is 9.84 Å². The zero-order chi connectivity index (χ0) is 25.4. The van der Waals surface area contributed by atoms with Gasteiger partial charge in [-0.25, -0.2) is 9.78 Å². The Balaban J connectivity index is 1.92. The molecule has 1 aromatic heterocycles. The zero-order valence-corrected chi connectivity index (χ0v) is 21.1. The SMILES string of the molecule is COC(=O)c1sc(N2C(=O)C(=O)C(=C(O)c3ccc(Cl)cc3)[C@@H]2c2ccc(C(C)C)cc2)nc1C. The van der Waals surface area contributed by atoms with Crippen molar-refractivity contribution in [2.75, 3.05) is 12.0 Å². The maximum absolute atomic E-state index is 13.3. The summed E-state index contributed by atoms with van der Waals surface area (Å²) in [6.07, 6.45) is 0. The van der Waals surface area contributed by atoms with Crippen LogP contribution in [0.2, 0.25) is 5.02 Å². The number of ketones is 1. The summed E-state index contributed by atoms with van der Waals surface area (Å²) in [5, 5.41) is 11.8. The van der Waals surface area contributed by atoms with Crippen LogP contribution in [0.15, 0.2) is 54.1 Å². The number of aromatic nitrogens is 1. The minimum Gasteiger partial charge on any atom is -0.507 e. The molecule has 1 N–H and O–H groups in total. The van der Waals surface area contributed by atoms with E-state index in [-0.39, 0.29) is 27.3 Å². The summed E-state index contributed by atoms with van der Waals surface area (Å²) >= 11 is 6.94. The maximum Gasteiger partial charge on any atom is 0.350 e. The molecular formula is C26H23ClN2O5S. The second kappa shape index (κ2) is 9.64. The fourth-order valence-electron chi connectivity index (χ4n) is 3.94. The molecule has 0 spiro atoms. The third kappa shape index (κ3) is 4.47. The first-order chi connectivity index (χ1) is 16.6. The van der Waals surface area contributed by atoms with Crippen LogP contribution in [0.4, 0.5) is 5.13 Å². The van der Waals surface area contributed by atoms with Crippen LogP contribution < -0.4 is 4.90 Å². The van der Waals surface area contributed by atoms with Gasteiger partial charge in [0.15, 0.2) is 5.13 Å². The number of aliphatic hydroxyl groups excluding tert-OH is 1. The molecule has 1 atom stereocenters. The van der Waals surface area contributed by atoms with Gasteiger partial charge >= 0.3 is 11.9 Å². The van der Waals surface area contributed by atoms with E-state index in [4.69, 9.17) is 16.3 Å². The number of hydrogen-bond acceptors (Lipinski definition) is 7. The molecule has 180 valence electrons. The number of rotatable bonds is 5. The van der Waals surface area contributed by atoms with E-state index in [0.29, 0.717) is 21.8 Å². The van der Waals surface area contributed by atoms with Crippen LogP contribution >= 0.6 is 22.9 Å². The van der Waals surface area contributed by atoms with E-state index < -0.39 is 23.7 Å². The number of carbonyl (C=O) groups is 3. The minimum absolute atomic E-state index is 0.0675. The van der Waals surface area contributed by atoms with Crippen LogP contribution in [-0.4, -0.2) is 34.9 Å². The number of Topliss-reactive ketones (excluding diaryl/α,β-unsaturated/α-hetero) is 1. The standard InChI is InChI=1S/C26H23ClN2O5S/c1-13(2)15-5-7-16(8-6-15)20-19(21(30)17-9-11-18(27)12-10-17)22(31)24(32)29(20)26-28-14(3)23(35-26)25(33)34-4/h5-13,20,30H,1-4H3/t20-/m0/s1. The van der Waals surface area contributed by atoms with E-state index in [2.05, 4.69) is 18.8 Å². The number of hydrogen-bond donors (Lipinski definition) is 1. The van der Waals surface area contributed by atoms with Crippen molar-refractivity contribution in [3.63, 3.8) is 0 Å². The summed E-state index contributed by atoms with van der Waals surface area (Å²) in [5.41, 5.74) is 2.37. The van der Waals surface area contributed by atoms with E-state index in [1.807, 2.05) is 24.3 Å². The summed E-state index contributed by atoms with van der Waals surface area (Å²) in [7, 11) is 1.26. The monoisotopic (exact) mass is 510 g/mol. The zero-order valence-electron chi connectivity index (χ0n) is 19.5. The molecular weight excluding hydrogens is 488 g/mol. The average Bonchev–Trinajstić information content (AvgIpc) is 3.35. The van der Waals surface area contributed by atoms with Gasteiger partial charge in [0.2, 0.25) is 0 Å². The summed E-state index contributed by atoms with van der Waals surface area (Å²) in [6.45, 7) is 5.76. The Morgan fingerprint density at radius 2 is 1.74 bits per heavy atom.